The molecule has 0 amide bonds. The Morgan fingerprint density at radius 2 is 1.89 bits per heavy atom. The van der Waals surface area contributed by atoms with Crippen LogP contribution in [0.5, 0.6) is 0 Å². The number of anilines is 2. The van der Waals surface area contributed by atoms with E-state index in [1.54, 1.807) is 4.68 Å². The van der Waals surface area contributed by atoms with Gasteiger partial charge in [0.15, 0.2) is 0 Å². The lowest BCUT2D eigenvalue weighted by Crippen LogP contribution is -2.42. The van der Waals surface area contributed by atoms with E-state index in [2.05, 4.69) is 24.3 Å². The van der Waals surface area contributed by atoms with E-state index in [1.165, 1.54) is 0 Å². The number of aryl methyl sites for hydroxylation is 2. The fraction of sp³-hybridized carbons (Fsp3) is 0.786. The fourth-order valence-electron chi connectivity index (χ4n) is 2.70. The Morgan fingerprint density at radius 3 is 2.37 bits per heavy atom. The van der Waals surface area contributed by atoms with E-state index in [0.717, 1.165) is 37.2 Å². The summed E-state index contributed by atoms with van der Waals surface area (Å²) in [5.41, 5.74) is 7.20. The minimum atomic E-state index is -0.625. The Hall–Kier alpha value is -1.23. The van der Waals surface area contributed by atoms with Gasteiger partial charge >= 0.3 is 0 Å². The van der Waals surface area contributed by atoms with Gasteiger partial charge in [0, 0.05) is 13.6 Å². The molecule has 0 aromatic carbocycles. The predicted molar refractivity (Wildman–Crippen MR) is 78.0 cm³/mol. The van der Waals surface area contributed by atoms with Crippen molar-refractivity contribution in [3.63, 3.8) is 0 Å². The number of rotatable bonds is 3. The van der Waals surface area contributed by atoms with Gasteiger partial charge in [-0.3, -0.25) is 4.68 Å². The van der Waals surface area contributed by atoms with Crippen molar-refractivity contribution in [2.45, 2.75) is 52.1 Å². The van der Waals surface area contributed by atoms with Gasteiger partial charge in [-0.15, -0.1) is 0 Å². The SMILES string of the molecule is Cc1nn(C)c(NCC2(O)CCC(C)(C)CC2)c1N. The highest BCUT2D eigenvalue weighted by atomic mass is 16.3. The fourth-order valence-corrected chi connectivity index (χ4v) is 2.70. The molecular weight excluding hydrogens is 240 g/mol. The molecule has 0 unspecified atom stereocenters. The molecule has 0 bridgehead atoms. The summed E-state index contributed by atoms with van der Waals surface area (Å²) in [5.74, 6) is 0.802. The highest BCUT2D eigenvalue weighted by molar-refractivity contribution is 5.64. The van der Waals surface area contributed by atoms with Crippen LogP contribution in [-0.4, -0.2) is 27.0 Å². The second kappa shape index (κ2) is 4.71. The average molecular weight is 266 g/mol. The number of aromatic nitrogens is 2. The number of nitrogens with one attached hydrogen (secondary N) is 1. The molecule has 1 aliphatic carbocycles. The molecular formula is C14H26N4O. The lowest BCUT2D eigenvalue weighted by molar-refractivity contribution is -0.0146. The Bertz CT molecular complexity index is 454. The Labute approximate surface area is 115 Å². The first kappa shape index (κ1) is 14.2. The summed E-state index contributed by atoms with van der Waals surface area (Å²) in [5, 5.41) is 18.2. The topological polar surface area (TPSA) is 76.1 Å². The molecule has 1 saturated carbocycles. The van der Waals surface area contributed by atoms with Crippen LogP contribution in [-0.2, 0) is 7.05 Å². The molecule has 1 aliphatic rings. The third-order valence-electron chi connectivity index (χ3n) is 4.39. The van der Waals surface area contributed by atoms with Gasteiger partial charge in [-0.05, 0) is 38.0 Å². The van der Waals surface area contributed by atoms with Gasteiger partial charge in [-0.2, -0.15) is 5.10 Å². The summed E-state index contributed by atoms with van der Waals surface area (Å²) in [4.78, 5) is 0. The maximum atomic E-state index is 10.6. The largest absolute Gasteiger partial charge is 0.394 e. The first-order chi connectivity index (χ1) is 8.72. The molecule has 19 heavy (non-hydrogen) atoms. The Balaban J connectivity index is 1.99. The van der Waals surface area contributed by atoms with Crippen molar-refractivity contribution in [2.75, 3.05) is 17.6 Å². The Kier molecular flexibility index (Phi) is 3.51. The molecule has 0 aliphatic heterocycles. The van der Waals surface area contributed by atoms with E-state index in [-0.39, 0.29) is 0 Å². The van der Waals surface area contributed by atoms with Crippen molar-refractivity contribution in [1.29, 1.82) is 0 Å². The van der Waals surface area contributed by atoms with Gasteiger partial charge in [0.25, 0.3) is 0 Å². The van der Waals surface area contributed by atoms with E-state index in [9.17, 15) is 5.11 Å². The van der Waals surface area contributed by atoms with Gasteiger partial charge in [0.05, 0.1) is 17.0 Å². The normalized spacial score (nSPS) is 21.3. The summed E-state index contributed by atoms with van der Waals surface area (Å²) < 4.78 is 1.74. The lowest BCUT2D eigenvalue weighted by Gasteiger charge is -2.40. The van der Waals surface area contributed by atoms with Crippen LogP contribution in [0.2, 0.25) is 0 Å². The van der Waals surface area contributed by atoms with Crippen LogP contribution in [0.4, 0.5) is 11.5 Å². The lowest BCUT2D eigenvalue weighted by atomic mass is 9.71. The van der Waals surface area contributed by atoms with E-state index >= 15 is 0 Å². The quantitative estimate of drug-likeness (QED) is 0.782. The maximum absolute atomic E-state index is 10.6. The molecule has 1 aromatic heterocycles. The molecule has 5 nitrogen and oxygen atoms in total. The molecule has 4 N–H and O–H groups in total. The number of nitrogens with zero attached hydrogens (tertiary/aromatic N) is 2. The summed E-state index contributed by atoms with van der Waals surface area (Å²) in [6.45, 7) is 6.95. The summed E-state index contributed by atoms with van der Waals surface area (Å²) in [6, 6.07) is 0. The number of hydrogen-bond donors (Lipinski definition) is 3. The van der Waals surface area contributed by atoms with Gasteiger partial charge in [-0.25, -0.2) is 0 Å². The van der Waals surface area contributed by atoms with Gasteiger partial charge in [0.1, 0.15) is 5.82 Å². The summed E-state index contributed by atoms with van der Waals surface area (Å²) in [6.07, 6.45) is 3.80. The molecule has 1 heterocycles. The van der Waals surface area contributed by atoms with E-state index < -0.39 is 5.60 Å². The minimum Gasteiger partial charge on any atom is -0.394 e. The standard InChI is InChI=1S/C14H26N4O/c1-10-11(15)12(18(4)17-10)16-9-14(19)7-5-13(2,3)6-8-14/h16,19H,5-9,15H2,1-4H3. The molecule has 1 aromatic rings. The molecule has 108 valence electrons. The van der Waals surface area contributed by atoms with Crippen LogP contribution < -0.4 is 11.1 Å². The summed E-state index contributed by atoms with van der Waals surface area (Å²) in [7, 11) is 1.86. The van der Waals surface area contributed by atoms with Crippen molar-refractivity contribution in [3.05, 3.63) is 5.69 Å². The zero-order valence-corrected chi connectivity index (χ0v) is 12.5. The monoisotopic (exact) mass is 266 g/mol. The molecule has 0 atom stereocenters. The van der Waals surface area contributed by atoms with Gasteiger partial charge in [0.2, 0.25) is 0 Å². The van der Waals surface area contributed by atoms with E-state index in [0.29, 0.717) is 17.6 Å². The Morgan fingerprint density at radius 1 is 1.32 bits per heavy atom. The van der Waals surface area contributed by atoms with Crippen molar-refractivity contribution in [2.24, 2.45) is 12.5 Å². The van der Waals surface area contributed by atoms with Crippen molar-refractivity contribution in [1.82, 2.24) is 9.78 Å². The van der Waals surface area contributed by atoms with Gasteiger partial charge in [-0.1, -0.05) is 13.8 Å². The van der Waals surface area contributed by atoms with E-state index in [4.69, 9.17) is 5.73 Å². The van der Waals surface area contributed by atoms with Crippen LogP contribution in [0.25, 0.3) is 0 Å². The van der Waals surface area contributed by atoms with Crippen LogP contribution in [0.3, 0.4) is 0 Å². The molecule has 2 rings (SSSR count). The van der Waals surface area contributed by atoms with Crippen molar-refractivity contribution in [3.8, 4) is 0 Å². The average Bonchev–Trinajstić information content (AvgIpc) is 2.56. The maximum Gasteiger partial charge on any atom is 0.147 e. The molecule has 0 radical (unpaired) electrons. The van der Waals surface area contributed by atoms with Crippen molar-refractivity contribution >= 4 is 11.5 Å². The number of nitrogen functional groups attached to an aromatic ring is 1. The highest BCUT2D eigenvalue weighted by Crippen LogP contribution is 2.40. The number of aliphatic hydroxyl groups is 1. The van der Waals surface area contributed by atoms with Crippen molar-refractivity contribution < 1.29 is 5.11 Å². The predicted octanol–water partition coefficient (Wildman–Crippen LogP) is 2.05. The van der Waals surface area contributed by atoms with Crippen LogP contribution in [0.15, 0.2) is 0 Å². The van der Waals surface area contributed by atoms with E-state index in [1.807, 2.05) is 14.0 Å². The zero-order chi connectivity index (χ0) is 14.3. The zero-order valence-electron chi connectivity index (χ0n) is 12.5. The molecule has 0 spiro atoms. The van der Waals surface area contributed by atoms with Crippen LogP contribution in [0, 0.1) is 12.3 Å². The highest BCUT2D eigenvalue weighted by Gasteiger charge is 2.36. The third kappa shape index (κ3) is 3.03. The third-order valence-corrected chi connectivity index (χ3v) is 4.39. The molecule has 1 fully saturated rings. The minimum absolute atomic E-state index is 0.356. The molecule has 0 saturated heterocycles. The molecule has 5 heteroatoms. The van der Waals surface area contributed by atoms with Gasteiger partial charge < -0.3 is 16.2 Å². The number of hydrogen-bond acceptors (Lipinski definition) is 4. The van der Waals surface area contributed by atoms with Crippen LogP contribution >= 0.6 is 0 Å². The second-order valence-electron chi connectivity index (χ2n) is 6.71. The number of nitrogens with two attached hydrogens (primary N) is 1. The van der Waals surface area contributed by atoms with Crippen LogP contribution in [0.1, 0.15) is 45.2 Å². The summed E-state index contributed by atoms with van der Waals surface area (Å²) >= 11 is 0. The second-order valence-corrected chi connectivity index (χ2v) is 6.71. The first-order valence-electron chi connectivity index (χ1n) is 6.98. The smallest absolute Gasteiger partial charge is 0.147 e. The first-order valence-corrected chi connectivity index (χ1v) is 6.98.